The summed E-state index contributed by atoms with van der Waals surface area (Å²) in [6.45, 7) is 12.0. The Balaban J connectivity index is 1.75. The zero-order valence-corrected chi connectivity index (χ0v) is 14.8. The van der Waals surface area contributed by atoms with E-state index in [-0.39, 0.29) is 0 Å². The van der Waals surface area contributed by atoms with Crippen molar-refractivity contribution in [3.05, 3.63) is 27.7 Å². The standard InChI is InChI=1S/C17H25BrN2O/c1-17(2,3)15-11-20(6-5-19-15)10-13-9-14(18)8-12-4-7-21-16(12)13/h8-9,15,19H,4-7,10-11H2,1-3H3. The Morgan fingerprint density at radius 3 is 2.95 bits per heavy atom. The average Bonchev–Trinajstić information content (AvgIpc) is 2.86. The van der Waals surface area contributed by atoms with Crippen LogP contribution in [-0.4, -0.2) is 37.2 Å². The molecule has 2 heterocycles. The fourth-order valence-electron chi connectivity index (χ4n) is 3.24. The molecular formula is C17H25BrN2O. The van der Waals surface area contributed by atoms with Crippen molar-refractivity contribution in [1.82, 2.24) is 10.2 Å². The molecule has 0 spiro atoms. The lowest BCUT2D eigenvalue weighted by Crippen LogP contribution is -2.55. The van der Waals surface area contributed by atoms with E-state index in [1.54, 1.807) is 0 Å². The Morgan fingerprint density at radius 2 is 2.19 bits per heavy atom. The van der Waals surface area contributed by atoms with E-state index in [4.69, 9.17) is 4.74 Å². The Labute approximate surface area is 136 Å². The number of hydrogen-bond donors (Lipinski definition) is 1. The number of benzene rings is 1. The molecule has 0 aliphatic carbocycles. The first kappa shape index (κ1) is 15.3. The molecule has 2 aliphatic rings. The molecule has 3 nitrogen and oxygen atoms in total. The molecule has 1 unspecified atom stereocenters. The van der Waals surface area contributed by atoms with E-state index in [0.29, 0.717) is 11.5 Å². The molecule has 0 radical (unpaired) electrons. The summed E-state index contributed by atoms with van der Waals surface area (Å²) in [5.41, 5.74) is 2.97. The normalized spacial score (nSPS) is 23.0. The van der Waals surface area contributed by atoms with Crippen molar-refractivity contribution in [3.8, 4) is 5.75 Å². The minimum Gasteiger partial charge on any atom is -0.493 e. The smallest absolute Gasteiger partial charge is 0.127 e. The second kappa shape index (κ2) is 5.90. The predicted octanol–water partition coefficient (Wildman–Crippen LogP) is 3.20. The fraction of sp³-hybridized carbons (Fsp3) is 0.647. The summed E-state index contributed by atoms with van der Waals surface area (Å²) < 4.78 is 7.03. The number of hydrogen-bond acceptors (Lipinski definition) is 3. The van der Waals surface area contributed by atoms with Gasteiger partial charge in [0.05, 0.1) is 6.61 Å². The lowest BCUT2D eigenvalue weighted by atomic mass is 9.85. The van der Waals surface area contributed by atoms with Crippen molar-refractivity contribution in [2.75, 3.05) is 26.2 Å². The van der Waals surface area contributed by atoms with E-state index in [9.17, 15) is 0 Å². The van der Waals surface area contributed by atoms with Gasteiger partial charge >= 0.3 is 0 Å². The molecular weight excluding hydrogens is 328 g/mol. The number of rotatable bonds is 2. The van der Waals surface area contributed by atoms with Gasteiger partial charge in [0.2, 0.25) is 0 Å². The van der Waals surface area contributed by atoms with Gasteiger partial charge in [-0.15, -0.1) is 0 Å². The summed E-state index contributed by atoms with van der Waals surface area (Å²) in [5.74, 6) is 1.13. The predicted molar refractivity (Wildman–Crippen MR) is 89.9 cm³/mol. The van der Waals surface area contributed by atoms with Gasteiger partial charge in [-0.1, -0.05) is 36.7 Å². The van der Waals surface area contributed by atoms with Gasteiger partial charge in [-0.3, -0.25) is 4.90 Å². The Morgan fingerprint density at radius 1 is 1.38 bits per heavy atom. The molecule has 1 saturated heterocycles. The molecule has 0 bridgehead atoms. The maximum atomic E-state index is 5.86. The molecule has 116 valence electrons. The lowest BCUT2D eigenvalue weighted by molar-refractivity contribution is 0.128. The van der Waals surface area contributed by atoms with Crippen molar-refractivity contribution >= 4 is 15.9 Å². The van der Waals surface area contributed by atoms with Crippen LogP contribution in [0.5, 0.6) is 5.75 Å². The van der Waals surface area contributed by atoms with Crippen molar-refractivity contribution in [1.29, 1.82) is 0 Å². The highest BCUT2D eigenvalue weighted by Crippen LogP contribution is 2.34. The second-order valence-electron chi connectivity index (χ2n) is 7.26. The van der Waals surface area contributed by atoms with E-state index in [1.165, 1.54) is 15.6 Å². The number of piperazine rings is 1. The van der Waals surface area contributed by atoms with Crippen molar-refractivity contribution in [2.24, 2.45) is 5.41 Å². The first-order valence-electron chi connectivity index (χ1n) is 7.83. The van der Waals surface area contributed by atoms with Gasteiger partial charge in [-0.2, -0.15) is 0 Å². The third-order valence-electron chi connectivity index (χ3n) is 4.52. The molecule has 1 aromatic carbocycles. The van der Waals surface area contributed by atoms with Crippen LogP contribution in [0.1, 0.15) is 31.9 Å². The van der Waals surface area contributed by atoms with E-state index in [0.717, 1.165) is 45.0 Å². The van der Waals surface area contributed by atoms with Gasteiger partial charge in [0.15, 0.2) is 0 Å². The highest BCUT2D eigenvalue weighted by Gasteiger charge is 2.30. The molecule has 1 N–H and O–H groups in total. The van der Waals surface area contributed by atoms with Crippen LogP contribution in [0.2, 0.25) is 0 Å². The Kier molecular flexibility index (Phi) is 4.30. The minimum absolute atomic E-state index is 0.300. The van der Waals surface area contributed by atoms with Crippen molar-refractivity contribution in [3.63, 3.8) is 0 Å². The Bertz CT molecular complexity index is 524. The minimum atomic E-state index is 0.300. The molecule has 21 heavy (non-hydrogen) atoms. The molecule has 1 fully saturated rings. The van der Waals surface area contributed by atoms with Crippen LogP contribution in [-0.2, 0) is 13.0 Å². The van der Waals surface area contributed by atoms with Gasteiger partial charge in [-0.25, -0.2) is 0 Å². The van der Waals surface area contributed by atoms with Gasteiger partial charge in [0, 0.05) is 48.7 Å². The van der Waals surface area contributed by atoms with Gasteiger partial charge in [0.25, 0.3) is 0 Å². The van der Waals surface area contributed by atoms with Gasteiger partial charge in [0.1, 0.15) is 5.75 Å². The van der Waals surface area contributed by atoms with E-state index in [2.05, 4.69) is 59.1 Å². The largest absolute Gasteiger partial charge is 0.493 e. The molecule has 0 amide bonds. The highest BCUT2D eigenvalue weighted by molar-refractivity contribution is 9.10. The van der Waals surface area contributed by atoms with Crippen LogP contribution < -0.4 is 10.1 Å². The lowest BCUT2D eigenvalue weighted by Gasteiger charge is -2.40. The number of nitrogens with one attached hydrogen (secondary N) is 1. The van der Waals surface area contributed by atoms with Crippen molar-refractivity contribution in [2.45, 2.75) is 39.8 Å². The summed E-state index contributed by atoms with van der Waals surface area (Å²) in [4.78, 5) is 2.55. The highest BCUT2D eigenvalue weighted by atomic mass is 79.9. The van der Waals surface area contributed by atoms with E-state index >= 15 is 0 Å². The number of fused-ring (bicyclic) bond motifs is 1. The van der Waals surface area contributed by atoms with Crippen LogP contribution in [0, 0.1) is 5.41 Å². The first-order chi connectivity index (χ1) is 9.93. The van der Waals surface area contributed by atoms with Crippen LogP contribution in [0.4, 0.5) is 0 Å². The monoisotopic (exact) mass is 352 g/mol. The van der Waals surface area contributed by atoms with E-state index in [1.807, 2.05) is 0 Å². The molecule has 1 aromatic rings. The topological polar surface area (TPSA) is 24.5 Å². The number of nitrogens with zero attached hydrogens (tertiary/aromatic N) is 1. The molecule has 0 aromatic heterocycles. The summed E-state index contributed by atoms with van der Waals surface area (Å²) >= 11 is 3.64. The molecule has 4 heteroatoms. The van der Waals surface area contributed by atoms with Crippen LogP contribution >= 0.6 is 15.9 Å². The molecule has 2 aliphatic heterocycles. The molecule has 1 atom stereocenters. The van der Waals surface area contributed by atoms with Gasteiger partial charge in [-0.05, 0) is 23.1 Å². The Hall–Kier alpha value is -0.580. The SMILES string of the molecule is CC(C)(C)C1CN(Cc2cc(Br)cc3c2OCC3)CCN1. The second-order valence-corrected chi connectivity index (χ2v) is 8.18. The third-order valence-corrected chi connectivity index (χ3v) is 4.98. The summed E-state index contributed by atoms with van der Waals surface area (Å²) in [5, 5.41) is 3.66. The third kappa shape index (κ3) is 3.43. The van der Waals surface area contributed by atoms with Crippen LogP contribution in [0.3, 0.4) is 0 Å². The molecule has 3 rings (SSSR count). The fourth-order valence-corrected chi connectivity index (χ4v) is 3.79. The summed E-state index contributed by atoms with van der Waals surface area (Å²) in [6.07, 6.45) is 1.04. The van der Waals surface area contributed by atoms with E-state index < -0.39 is 0 Å². The van der Waals surface area contributed by atoms with Crippen LogP contribution in [0.15, 0.2) is 16.6 Å². The quantitative estimate of drug-likeness (QED) is 0.884. The summed E-state index contributed by atoms with van der Waals surface area (Å²) in [7, 11) is 0. The average molecular weight is 353 g/mol. The number of halogens is 1. The summed E-state index contributed by atoms with van der Waals surface area (Å²) in [6, 6.07) is 4.96. The maximum Gasteiger partial charge on any atom is 0.127 e. The zero-order chi connectivity index (χ0) is 15.0. The zero-order valence-electron chi connectivity index (χ0n) is 13.2. The number of ether oxygens (including phenoxy) is 1. The van der Waals surface area contributed by atoms with Crippen LogP contribution in [0.25, 0.3) is 0 Å². The first-order valence-corrected chi connectivity index (χ1v) is 8.62. The van der Waals surface area contributed by atoms with Crippen molar-refractivity contribution < 1.29 is 4.74 Å². The van der Waals surface area contributed by atoms with Gasteiger partial charge < -0.3 is 10.1 Å². The maximum absolute atomic E-state index is 5.86. The molecule has 0 saturated carbocycles.